The zero-order chi connectivity index (χ0) is 22.9. The van der Waals surface area contributed by atoms with Crippen molar-refractivity contribution in [3.8, 4) is 0 Å². The molecule has 0 radical (unpaired) electrons. The highest BCUT2D eigenvalue weighted by molar-refractivity contribution is 7.52. The van der Waals surface area contributed by atoms with Gasteiger partial charge in [-0.2, -0.15) is 4.98 Å². The van der Waals surface area contributed by atoms with Crippen LogP contribution in [0.25, 0.3) is 11.0 Å². The molecule has 2 fully saturated rings. The van der Waals surface area contributed by atoms with Gasteiger partial charge in [0.25, 0.3) is 0 Å². The summed E-state index contributed by atoms with van der Waals surface area (Å²) in [6, 6.07) is 2.13. The van der Waals surface area contributed by atoms with Crippen molar-refractivity contribution in [2.75, 3.05) is 24.9 Å². The fraction of sp³-hybridized carbons (Fsp3) is 0.684. The SMILES string of the molecule is CCOP(=O)(O)COC[C@H]1O[C@@H](n2ccc3c(NC4CCCC4)nc(Cl)nc32)[C@H](O)[C@@H]1O. The van der Waals surface area contributed by atoms with Gasteiger partial charge in [0.2, 0.25) is 5.28 Å². The number of nitrogens with zero attached hydrogens (tertiary/aromatic N) is 3. The van der Waals surface area contributed by atoms with Gasteiger partial charge in [-0.1, -0.05) is 12.8 Å². The van der Waals surface area contributed by atoms with Crippen molar-refractivity contribution < 1.29 is 33.7 Å². The summed E-state index contributed by atoms with van der Waals surface area (Å²) in [4.78, 5) is 18.2. The second-order valence-corrected chi connectivity index (χ2v) is 10.2. The van der Waals surface area contributed by atoms with Crippen molar-refractivity contribution in [1.82, 2.24) is 14.5 Å². The van der Waals surface area contributed by atoms with Crippen molar-refractivity contribution in [1.29, 1.82) is 0 Å². The second kappa shape index (κ2) is 9.90. The molecule has 0 aromatic carbocycles. The van der Waals surface area contributed by atoms with E-state index >= 15 is 0 Å². The van der Waals surface area contributed by atoms with Crippen LogP contribution in [0.4, 0.5) is 5.82 Å². The maximum absolute atomic E-state index is 11.7. The zero-order valence-corrected chi connectivity index (χ0v) is 19.3. The van der Waals surface area contributed by atoms with Crippen molar-refractivity contribution in [3.05, 3.63) is 17.5 Å². The number of aliphatic hydroxyl groups excluding tert-OH is 2. The van der Waals surface area contributed by atoms with Crippen molar-refractivity contribution in [2.24, 2.45) is 0 Å². The normalized spacial score (nSPS) is 28.4. The van der Waals surface area contributed by atoms with Gasteiger partial charge in [-0.25, -0.2) is 4.98 Å². The third-order valence-corrected chi connectivity index (χ3v) is 7.06. The molecule has 0 spiro atoms. The Morgan fingerprint density at radius 2 is 2.06 bits per heavy atom. The molecular weight excluding hydrogens is 463 g/mol. The molecule has 4 N–H and O–H groups in total. The van der Waals surface area contributed by atoms with Crippen LogP contribution >= 0.6 is 19.2 Å². The molecule has 3 heterocycles. The van der Waals surface area contributed by atoms with E-state index in [-0.39, 0.29) is 18.5 Å². The van der Waals surface area contributed by atoms with Gasteiger partial charge in [-0.15, -0.1) is 0 Å². The fourth-order valence-corrected chi connectivity index (χ4v) is 5.18. The van der Waals surface area contributed by atoms with Gasteiger partial charge in [-0.3, -0.25) is 4.57 Å². The van der Waals surface area contributed by atoms with E-state index in [1.165, 1.54) is 12.8 Å². The molecule has 1 unspecified atom stereocenters. The number of fused-ring (bicyclic) bond motifs is 1. The van der Waals surface area contributed by atoms with Crippen molar-refractivity contribution >= 4 is 36.0 Å². The van der Waals surface area contributed by atoms with E-state index < -0.39 is 38.5 Å². The minimum Gasteiger partial charge on any atom is -0.387 e. The predicted octanol–water partition coefficient (Wildman–Crippen LogP) is 2.25. The van der Waals surface area contributed by atoms with Crippen LogP contribution in [0.15, 0.2) is 12.3 Å². The Kier molecular flexibility index (Phi) is 7.38. The average molecular weight is 491 g/mol. The Morgan fingerprint density at radius 1 is 1.31 bits per heavy atom. The smallest absolute Gasteiger partial charge is 0.353 e. The Labute approximate surface area is 190 Å². The van der Waals surface area contributed by atoms with Gasteiger partial charge in [0.15, 0.2) is 6.23 Å². The maximum Gasteiger partial charge on any atom is 0.353 e. The van der Waals surface area contributed by atoms with Gasteiger partial charge in [-0.05, 0) is 37.4 Å². The van der Waals surface area contributed by atoms with E-state index in [0.29, 0.717) is 17.5 Å². The number of rotatable bonds is 9. The van der Waals surface area contributed by atoms with Gasteiger partial charge in [0.05, 0.1) is 18.6 Å². The number of hydrogen-bond acceptors (Lipinski definition) is 9. The van der Waals surface area contributed by atoms with Crippen molar-refractivity contribution in [2.45, 2.75) is 63.2 Å². The summed E-state index contributed by atoms with van der Waals surface area (Å²) in [5, 5.41) is 25.2. The van der Waals surface area contributed by atoms with Crippen LogP contribution < -0.4 is 5.32 Å². The first-order valence-electron chi connectivity index (χ1n) is 10.7. The molecule has 1 aliphatic heterocycles. The van der Waals surface area contributed by atoms with Crippen LogP contribution in [0.5, 0.6) is 0 Å². The van der Waals surface area contributed by atoms with E-state index in [1.807, 2.05) is 0 Å². The lowest BCUT2D eigenvalue weighted by Gasteiger charge is -2.18. The molecule has 1 saturated heterocycles. The Bertz CT molecular complexity index is 986. The van der Waals surface area contributed by atoms with Crippen LogP contribution in [0.2, 0.25) is 5.28 Å². The highest BCUT2D eigenvalue weighted by Gasteiger charge is 2.44. The lowest BCUT2D eigenvalue weighted by Crippen LogP contribution is -2.34. The molecule has 5 atom stereocenters. The topological polar surface area (TPSA) is 148 Å². The van der Waals surface area contributed by atoms with Crippen LogP contribution in [-0.2, 0) is 18.6 Å². The molecule has 178 valence electrons. The first-order valence-corrected chi connectivity index (χ1v) is 12.8. The fourth-order valence-electron chi connectivity index (χ4n) is 4.21. The minimum atomic E-state index is -3.87. The number of nitrogens with one attached hydrogen (secondary N) is 1. The lowest BCUT2D eigenvalue weighted by molar-refractivity contribution is -0.0613. The number of aromatic nitrogens is 3. The van der Waals surface area contributed by atoms with Gasteiger partial charge >= 0.3 is 7.60 Å². The quantitative estimate of drug-likeness (QED) is 0.304. The summed E-state index contributed by atoms with van der Waals surface area (Å²) < 4.78 is 29.1. The van der Waals surface area contributed by atoms with E-state index in [0.717, 1.165) is 18.2 Å². The monoisotopic (exact) mass is 490 g/mol. The standard InChI is InChI=1S/C19H28ClN4O7P/c1-2-30-32(27,28)10-29-9-13-14(25)15(26)18(31-13)24-8-7-12-16(21-11-5-3-4-6-11)22-19(20)23-17(12)24/h7-8,11,13-15,18,25-26H,2-6,9-10H2,1H3,(H,27,28)(H,21,22,23)/t13-,14-,15-,18-/m1/s1. The molecule has 2 aliphatic rings. The summed E-state index contributed by atoms with van der Waals surface area (Å²) >= 11 is 6.17. The summed E-state index contributed by atoms with van der Waals surface area (Å²) in [6.07, 6.45) is 1.20. The number of halogens is 1. The van der Waals surface area contributed by atoms with Gasteiger partial charge in [0.1, 0.15) is 36.1 Å². The highest BCUT2D eigenvalue weighted by Crippen LogP contribution is 2.42. The third kappa shape index (κ3) is 5.10. The summed E-state index contributed by atoms with van der Waals surface area (Å²) in [5.74, 6) is 0.619. The average Bonchev–Trinajstić information content (AvgIpc) is 3.44. The first-order chi connectivity index (χ1) is 15.3. The first kappa shape index (κ1) is 23.8. The van der Waals surface area contributed by atoms with Crippen LogP contribution in [0.1, 0.15) is 38.8 Å². The second-order valence-electron chi connectivity index (χ2n) is 8.03. The molecule has 1 saturated carbocycles. The number of anilines is 1. The zero-order valence-electron chi connectivity index (χ0n) is 17.6. The van der Waals surface area contributed by atoms with Crippen LogP contribution in [-0.4, -0.2) is 73.6 Å². The molecule has 32 heavy (non-hydrogen) atoms. The third-order valence-electron chi connectivity index (χ3n) is 5.72. The van der Waals surface area contributed by atoms with E-state index in [9.17, 15) is 19.7 Å². The molecule has 11 nitrogen and oxygen atoms in total. The number of hydrogen-bond donors (Lipinski definition) is 4. The summed E-state index contributed by atoms with van der Waals surface area (Å²) in [6.45, 7) is 1.47. The summed E-state index contributed by atoms with van der Waals surface area (Å²) in [7, 11) is -3.87. The molecule has 0 amide bonds. The molecule has 1 aliphatic carbocycles. The van der Waals surface area contributed by atoms with Crippen LogP contribution in [0, 0.1) is 0 Å². The van der Waals surface area contributed by atoms with Crippen molar-refractivity contribution in [3.63, 3.8) is 0 Å². The van der Waals surface area contributed by atoms with E-state index in [1.54, 1.807) is 23.8 Å². The van der Waals surface area contributed by atoms with Crippen LogP contribution in [0.3, 0.4) is 0 Å². The van der Waals surface area contributed by atoms with E-state index in [4.69, 9.17) is 25.6 Å². The van der Waals surface area contributed by atoms with Gasteiger partial charge in [0, 0.05) is 12.2 Å². The number of aliphatic hydroxyl groups is 2. The van der Waals surface area contributed by atoms with Gasteiger partial charge < -0.3 is 39.0 Å². The van der Waals surface area contributed by atoms with E-state index in [2.05, 4.69) is 15.3 Å². The largest absolute Gasteiger partial charge is 0.387 e. The molecular formula is C19H28ClN4O7P. The molecule has 0 bridgehead atoms. The molecule has 2 aromatic heterocycles. The molecule has 4 rings (SSSR count). The Balaban J connectivity index is 1.50. The summed E-state index contributed by atoms with van der Waals surface area (Å²) in [5.41, 5.74) is 0.458. The maximum atomic E-state index is 11.7. The Hall–Kier alpha value is -1.30. The number of ether oxygens (including phenoxy) is 2. The molecule has 13 heteroatoms. The highest BCUT2D eigenvalue weighted by atomic mass is 35.5. The lowest BCUT2D eigenvalue weighted by atomic mass is 10.1. The minimum absolute atomic E-state index is 0.0560. The molecule has 2 aromatic rings. The Morgan fingerprint density at radius 3 is 2.78 bits per heavy atom. The predicted molar refractivity (Wildman–Crippen MR) is 117 cm³/mol.